The molecule has 0 amide bonds. The van der Waals surface area contributed by atoms with E-state index in [2.05, 4.69) is 126 Å². The zero-order chi connectivity index (χ0) is 24.3. The van der Waals surface area contributed by atoms with Gasteiger partial charge >= 0.3 is 0 Å². The molecule has 5 aromatic carbocycles. The van der Waals surface area contributed by atoms with E-state index < -0.39 is 0 Å². The van der Waals surface area contributed by atoms with Gasteiger partial charge in [-0.15, -0.1) is 0 Å². The number of H-pyrrole nitrogens is 1. The number of para-hydroxylation sites is 1. The van der Waals surface area contributed by atoms with Crippen LogP contribution in [-0.2, 0) is 0 Å². The lowest BCUT2D eigenvalue weighted by Gasteiger charge is -2.09. The Labute approximate surface area is 213 Å². The average Bonchev–Trinajstić information content (AvgIpc) is 3.36. The van der Waals surface area contributed by atoms with Crippen molar-refractivity contribution < 1.29 is 0 Å². The van der Waals surface area contributed by atoms with Crippen molar-refractivity contribution in [3.05, 3.63) is 121 Å². The smallest absolute Gasteiger partial charge is 0.0879 e. The summed E-state index contributed by atoms with van der Waals surface area (Å²) in [6.45, 7) is 0. The molecule has 0 unspecified atom stereocenters. The minimum atomic E-state index is 0.912. The van der Waals surface area contributed by atoms with Gasteiger partial charge in [0.05, 0.1) is 28.1 Å². The summed E-state index contributed by atoms with van der Waals surface area (Å²) in [5.41, 5.74) is 7.03. The topological polar surface area (TPSA) is 41.6 Å². The molecule has 3 heterocycles. The summed E-state index contributed by atoms with van der Waals surface area (Å²) in [5.74, 6) is 0. The number of aromatic amines is 1. The Morgan fingerprint density at radius 3 is 1.57 bits per heavy atom. The number of hydrogen-bond donors (Lipinski definition) is 1. The molecular formula is C34H21N3. The van der Waals surface area contributed by atoms with Crippen LogP contribution in [0.1, 0.15) is 0 Å². The highest BCUT2D eigenvalue weighted by Crippen LogP contribution is 2.39. The van der Waals surface area contributed by atoms with E-state index >= 15 is 0 Å². The molecule has 0 aliphatic carbocycles. The first-order chi connectivity index (χ1) is 18.3. The third-order valence-electron chi connectivity index (χ3n) is 7.39. The second-order valence-electron chi connectivity index (χ2n) is 9.53. The van der Waals surface area contributed by atoms with Crippen LogP contribution in [0, 0.1) is 0 Å². The highest BCUT2D eigenvalue weighted by atomic mass is 14.8. The quantitative estimate of drug-likeness (QED) is 0.256. The van der Waals surface area contributed by atoms with E-state index in [1.807, 2.05) is 0 Å². The lowest BCUT2D eigenvalue weighted by atomic mass is 10.0. The standard InChI is InChI=1S/C34H21N3/c1-3-9-25-21(7-1)13-15-23-17-19-29(36-32(23)25)31-27-11-5-6-12-28(27)35-34(31)30-20-18-24-16-14-22-8-2-4-10-26(22)33(24)37-30/h1-20,35H. The zero-order valence-corrected chi connectivity index (χ0v) is 19.9. The number of nitrogens with one attached hydrogen (secondary N) is 1. The molecule has 3 aromatic heterocycles. The predicted molar refractivity (Wildman–Crippen MR) is 155 cm³/mol. The van der Waals surface area contributed by atoms with Crippen LogP contribution in [0.4, 0.5) is 0 Å². The Bertz CT molecular complexity index is 2150. The van der Waals surface area contributed by atoms with Crippen molar-refractivity contribution in [1.29, 1.82) is 0 Å². The molecule has 0 fully saturated rings. The van der Waals surface area contributed by atoms with Crippen LogP contribution in [0.3, 0.4) is 0 Å². The number of nitrogens with zero attached hydrogens (tertiary/aromatic N) is 2. The summed E-state index contributed by atoms with van der Waals surface area (Å²) >= 11 is 0. The van der Waals surface area contributed by atoms with Gasteiger partial charge in [0.2, 0.25) is 0 Å². The molecule has 0 aliphatic heterocycles. The third-order valence-corrected chi connectivity index (χ3v) is 7.39. The molecule has 0 spiro atoms. The van der Waals surface area contributed by atoms with Crippen molar-refractivity contribution in [2.45, 2.75) is 0 Å². The van der Waals surface area contributed by atoms with Crippen LogP contribution in [-0.4, -0.2) is 15.0 Å². The number of hydrogen-bond acceptors (Lipinski definition) is 2. The molecule has 3 nitrogen and oxygen atoms in total. The van der Waals surface area contributed by atoms with Crippen molar-refractivity contribution >= 4 is 54.3 Å². The summed E-state index contributed by atoms with van der Waals surface area (Å²) in [6, 6.07) is 42.5. The van der Waals surface area contributed by atoms with Crippen LogP contribution in [0.2, 0.25) is 0 Å². The van der Waals surface area contributed by atoms with Crippen molar-refractivity contribution in [2.24, 2.45) is 0 Å². The molecule has 1 N–H and O–H groups in total. The third kappa shape index (κ3) is 3.08. The molecule has 37 heavy (non-hydrogen) atoms. The average molecular weight is 472 g/mol. The van der Waals surface area contributed by atoms with Gasteiger partial charge in [0.15, 0.2) is 0 Å². The van der Waals surface area contributed by atoms with Gasteiger partial charge in [-0.2, -0.15) is 0 Å². The van der Waals surface area contributed by atoms with E-state index in [1.165, 1.54) is 16.2 Å². The molecule has 8 rings (SSSR count). The lowest BCUT2D eigenvalue weighted by molar-refractivity contribution is 1.34. The predicted octanol–water partition coefficient (Wildman–Crippen LogP) is 8.90. The monoisotopic (exact) mass is 471 g/mol. The number of benzene rings is 5. The maximum atomic E-state index is 5.25. The number of aromatic nitrogens is 3. The Morgan fingerprint density at radius 1 is 0.405 bits per heavy atom. The number of pyridine rings is 2. The molecule has 172 valence electrons. The van der Waals surface area contributed by atoms with E-state index in [0.717, 1.165) is 60.7 Å². The molecule has 0 radical (unpaired) electrons. The number of rotatable bonds is 2. The van der Waals surface area contributed by atoms with Crippen molar-refractivity contribution in [3.63, 3.8) is 0 Å². The first-order valence-electron chi connectivity index (χ1n) is 12.5. The molecule has 0 saturated heterocycles. The Hall–Kier alpha value is -5.02. The first kappa shape index (κ1) is 20.2. The van der Waals surface area contributed by atoms with Crippen LogP contribution in [0.15, 0.2) is 121 Å². The zero-order valence-electron chi connectivity index (χ0n) is 19.9. The van der Waals surface area contributed by atoms with Gasteiger partial charge in [-0.3, -0.25) is 0 Å². The van der Waals surface area contributed by atoms with E-state index in [0.29, 0.717) is 0 Å². The Kier molecular flexibility index (Phi) is 4.23. The fraction of sp³-hybridized carbons (Fsp3) is 0. The number of fused-ring (bicyclic) bond motifs is 7. The second-order valence-corrected chi connectivity index (χ2v) is 9.53. The van der Waals surface area contributed by atoms with E-state index in [4.69, 9.17) is 9.97 Å². The Morgan fingerprint density at radius 2 is 0.892 bits per heavy atom. The summed E-state index contributed by atoms with van der Waals surface area (Å²) in [4.78, 5) is 14.1. The largest absolute Gasteiger partial charge is 0.353 e. The molecule has 0 aliphatic rings. The molecular weight excluding hydrogens is 450 g/mol. The van der Waals surface area contributed by atoms with Crippen molar-refractivity contribution in [3.8, 4) is 22.6 Å². The summed E-state index contributed by atoms with van der Waals surface area (Å²) < 4.78 is 0. The maximum Gasteiger partial charge on any atom is 0.0879 e. The maximum absolute atomic E-state index is 5.25. The van der Waals surface area contributed by atoms with Crippen LogP contribution >= 0.6 is 0 Å². The summed E-state index contributed by atoms with van der Waals surface area (Å²) in [6.07, 6.45) is 0. The van der Waals surface area contributed by atoms with E-state index in [-0.39, 0.29) is 0 Å². The van der Waals surface area contributed by atoms with E-state index in [9.17, 15) is 0 Å². The first-order valence-corrected chi connectivity index (χ1v) is 12.5. The summed E-state index contributed by atoms with van der Waals surface area (Å²) in [7, 11) is 0. The molecule has 3 heteroatoms. The van der Waals surface area contributed by atoms with Gasteiger partial charge in [-0.05, 0) is 29.0 Å². The Balaban J connectivity index is 1.43. The van der Waals surface area contributed by atoms with Gasteiger partial charge in [0.25, 0.3) is 0 Å². The molecule has 0 bridgehead atoms. The van der Waals surface area contributed by atoms with Crippen LogP contribution < -0.4 is 0 Å². The fourth-order valence-electron chi connectivity index (χ4n) is 5.59. The van der Waals surface area contributed by atoms with Gasteiger partial charge in [0.1, 0.15) is 0 Å². The van der Waals surface area contributed by atoms with Gasteiger partial charge in [-0.1, -0.05) is 103 Å². The van der Waals surface area contributed by atoms with Crippen LogP contribution in [0.25, 0.3) is 76.9 Å². The van der Waals surface area contributed by atoms with Crippen molar-refractivity contribution in [2.75, 3.05) is 0 Å². The minimum absolute atomic E-state index is 0.912. The minimum Gasteiger partial charge on any atom is -0.353 e. The molecule has 0 saturated carbocycles. The second kappa shape index (κ2) is 7.74. The van der Waals surface area contributed by atoms with Crippen molar-refractivity contribution in [1.82, 2.24) is 15.0 Å². The summed E-state index contributed by atoms with van der Waals surface area (Å²) in [5, 5.41) is 8.13. The highest BCUT2D eigenvalue weighted by Gasteiger charge is 2.18. The van der Waals surface area contributed by atoms with Gasteiger partial charge < -0.3 is 4.98 Å². The lowest BCUT2D eigenvalue weighted by Crippen LogP contribution is -1.91. The molecule has 0 atom stereocenters. The van der Waals surface area contributed by atoms with Crippen LogP contribution in [0.5, 0.6) is 0 Å². The fourth-order valence-corrected chi connectivity index (χ4v) is 5.59. The highest BCUT2D eigenvalue weighted by molar-refractivity contribution is 6.09. The van der Waals surface area contributed by atoms with E-state index in [1.54, 1.807) is 0 Å². The normalized spacial score (nSPS) is 11.8. The van der Waals surface area contributed by atoms with Gasteiger partial charge in [0, 0.05) is 38.0 Å². The van der Waals surface area contributed by atoms with Gasteiger partial charge in [-0.25, -0.2) is 9.97 Å². The molecule has 8 aromatic rings. The SMILES string of the molecule is c1ccc2c(c1)ccc1ccc(-c3[nH]c4ccccc4c3-c3ccc4ccc5ccccc5c4n3)nc12.